The highest BCUT2D eigenvalue weighted by atomic mass is 14.7. The number of benzene rings is 1. The third kappa shape index (κ3) is 2.16. The third-order valence-electron chi connectivity index (χ3n) is 2.97. The summed E-state index contributed by atoms with van der Waals surface area (Å²) in [6, 6.07) is 6.31. The number of anilines is 1. The Bertz CT molecular complexity index is 548. The number of pyridine rings is 1. The number of aromatic nitrogens is 1. The Labute approximate surface area is 103 Å². The SMILES string of the molecule is Cc1cc(C)c(-c2ncc(C)cc2N)c(C)c1. The van der Waals surface area contributed by atoms with E-state index >= 15 is 0 Å². The summed E-state index contributed by atoms with van der Waals surface area (Å²) >= 11 is 0. The highest BCUT2D eigenvalue weighted by Crippen LogP contribution is 2.30. The molecule has 0 radical (unpaired) electrons. The van der Waals surface area contributed by atoms with Crippen molar-refractivity contribution in [2.24, 2.45) is 0 Å². The summed E-state index contributed by atoms with van der Waals surface area (Å²) in [6.45, 7) is 8.32. The molecule has 2 aromatic rings. The fourth-order valence-corrected chi connectivity index (χ4v) is 2.35. The number of nitrogens with zero attached hydrogens (tertiary/aromatic N) is 1. The van der Waals surface area contributed by atoms with E-state index in [1.807, 2.05) is 19.2 Å². The van der Waals surface area contributed by atoms with Crippen LogP contribution < -0.4 is 5.73 Å². The van der Waals surface area contributed by atoms with Crippen LogP contribution in [0.2, 0.25) is 0 Å². The molecule has 0 fully saturated rings. The van der Waals surface area contributed by atoms with E-state index in [-0.39, 0.29) is 0 Å². The molecule has 2 nitrogen and oxygen atoms in total. The van der Waals surface area contributed by atoms with Crippen LogP contribution in [0.5, 0.6) is 0 Å². The van der Waals surface area contributed by atoms with E-state index in [0.29, 0.717) is 0 Å². The van der Waals surface area contributed by atoms with Crippen LogP contribution in [0.25, 0.3) is 11.3 Å². The molecule has 88 valence electrons. The van der Waals surface area contributed by atoms with E-state index in [9.17, 15) is 0 Å². The Morgan fingerprint density at radius 3 is 2.00 bits per heavy atom. The van der Waals surface area contributed by atoms with Crippen molar-refractivity contribution in [3.8, 4) is 11.3 Å². The van der Waals surface area contributed by atoms with E-state index in [0.717, 1.165) is 22.5 Å². The van der Waals surface area contributed by atoms with Crippen LogP contribution in [-0.4, -0.2) is 4.98 Å². The molecule has 1 aromatic heterocycles. The Hall–Kier alpha value is -1.83. The number of nitrogen functional groups attached to an aromatic ring is 1. The monoisotopic (exact) mass is 226 g/mol. The van der Waals surface area contributed by atoms with E-state index < -0.39 is 0 Å². The molecule has 2 heteroatoms. The first-order chi connectivity index (χ1) is 7.99. The van der Waals surface area contributed by atoms with Gasteiger partial charge in [-0.15, -0.1) is 0 Å². The van der Waals surface area contributed by atoms with Gasteiger partial charge < -0.3 is 5.73 Å². The van der Waals surface area contributed by atoms with Gasteiger partial charge in [-0.3, -0.25) is 4.98 Å². The summed E-state index contributed by atoms with van der Waals surface area (Å²) in [5.74, 6) is 0. The summed E-state index contributed by atoms with van der Waals surface area (Å²) in [5, 5.41) is 0. The van der Waals surface area contributed by atoms with Crippen molar-refractivity contribution in [1.82, 2.24) is 4.98 Å². The molecule has 2 N–H and O–H groups in total. The van der Waals surface area contributed by atoms with E-state index in [4.69, 9.17) is 5.73 Å². The predicted molar refractivity (Wildman–Crippen MR) is 73.0 cm³/mol. The van der Waals surface area contributed by atoms with Crippen molar-refractivity contribution in [3.63, 3.8) is 0 Å². The van der Waals surface area contributed by atoms with Crippen LogP contribution in [-0.2, 0) is 0 Å². The van der Waals surface area contributed by atoms with Crippen molar-refractivity contribution in [1.29, 1.82) is 0 Å². The molecule has 1 aromatic carbocycles. The lowest BCUT2D eigenvalue weighted by Crippen LogP contribution is -1.98. The fraction of sp³-hybridized carbons (Fsp3) is 0.267. The Morgan fingerprint density at radius 1 is 0.882 bits per heavy atom. The van der Waals surface area contributed by atoms with Gasteiger partial charge in [0.15, 0.2) is 0 Å². The van der Waals surface area contributed by atoms with Crippen LogP contribution >= 0.6 is 0 Å². The molecule has 0 saturated carbocycles. The summed E-state index contributed by atoms with van der Waals surface area (Å²) in [6.07, 6.45) is 1.87. The molecule has 0 aliphatic rings. The van der Waals surface area contributed by atoms with Gasteiger partial charge in [0, 0.05) is 11.8 Å². The van der Waals surface area contributed by atoms with Crippen molar-refractivity contribution in [2.45, 2.75) is 27.7 Å². The van der Waals surface area contributed by atoms with Crippen molar-refractivity contribution in [2.75, 3.05) is 5.73 Å². The minimum Gasteiger partial charge on any atom is -0.397 e. The lowest BCUT2D eigenvalue weighted by molar-refractivity contribution is 1.24. The quantitative estimate of drug-likeness (QED) is 0.807. The van der Waals surface area contributed by atoms with Gasteiger partial charge in [0.25, 0.3) is 0 Å². The van der Waals surface area contributed by atoms with Gasteiger partial charge >= 0.3 is 0 Å². The molecule has 0 aliphatic heterocycles. The smallest absolute Gasteiger partial charge is 0.0936 e. The molecule has 2 rings (SSSR count). The van der Waals surface area contributed by atoms with Crippen molar-refractivity contribution < 1.29 is 0 Å². The largest absolute Gasteiger partial charge is 0.397 e. The van der Waals surface area contributed by atoms with E-state index in [2.05, 4.69) is 37.9 Å². The summed E-state index contributed by atoms with van der Waals surface area (Å²) in [5.41, 5.74) is 13.7. The Kier molecular flexibility index (Phi) is 2.88. The molecule has 0 aliphatic carbocycles. The Balaban J connectivity index is 2.68. The number of rotatable bonds is 1. The molecular weight excluding hydrogens is 208 g/mol. The van der Waals surface area contributed by atoms with Gasteiger partial charge in [-0.25, -0.2) is 0 Å². The Morgan fingerprint density at radius 2 is 1.47 bits per heavy atom. The van der Waals surface area contributed by atoms with Gasteiger partial charge in [0.2, 0.25) is 0 Å². The summed E-state index contributed by atoms with van der Waals surface area (Å²) in [4.78, 5) is 4.47. The number of hydrogen-bond donors (Lipinski definition) is 1. The minimum atomic E-state index is 0.750. The van der Waals surface area contributed by atoms with Crippen LogP contribution in [0.15, 0.2) is 24.4 Å². The van der Waals surface area contributed by atoms with Crippen molar-refractivity contribution in [3.05, 3.63) is 46.6 Å². The van der Waals surface area contributed by atoms with Gasteiger partial charge in [0.1, 0.15) is 0 Å². The standard InChI is InChI=1S/C15H18N2/c1-9-5-11(3)14(12(4)6-9)15-13(16)7-10(2)8-17-15/h5-8H,16H2,1-4H3. The van der Waals surface area contributed by atoms with Gasteiger partial charge in [0.05, 0.1) is 11.4 Å². The zero-order valence-electron chi connectivity index (χ0n) is 10.8. The average Bonchev–Trinajstić information content (AvgIpc) is 2.19. The molecule has 0 bridgehead atoms. The first-order valence-corrected chi connectivity index (χ1v) is 5.79. The topological polar surface area (TPSA) is 38.9 Å². The highest BCUT2D eigenvalue weighted by molar-refractivity contribution is 5.77. The number of hydrogen-bond acceptors (Lipinski definition) is 2. The molecule has 0 unspecified atom stereocenters. The van der Waals surface area contributed by atoms with E-state index in [1.54, 1.807) is 0 Å². The third-order valence-corrected chi connectivity index (χ3v) is 2.97. The van der Waals surface area contributed by atoms with Crippen LogP contribution in [0.4, 0.5) is 5.69 Å². The maximum absolute atomic E-state index is 6.07. The normalized spacial score (nSPS) is 10.6. The molecule has 0 saturated heterocycles. The van der Waals surface area contributed by atoms with Crippen LogP contribution in [0, 0.1) is 27.7 Å². The zero-order valence-corrected chi connectivity index (χ0v) is 10.8. The first kappa shape index (κ1) is 11.6. The average molecular weight is 226 g/mol. The zero-order chi connectivity index (χ0) is 12.6. The van der Waals surface area contributed by atoms with Gasteiger partial charge in [-0.2, -0.15) is 0 Å². The number of nitrogens with two attached hydrogens (primary N) is 1. The second-order valence-corrected chi connectivity index (χ2v) is 4.72. The summed E-state index contributed by atoms with van der Waals surface area (Å²) < 4.78 is 0. The second-order valence-electron chi connectivity index (χ2n) is 4.72. The molecule has 0 spiro atoms. The van der Waals surface area contributed by atoms with Crippen molar-refractivity contribution >= 4 is 5.69 Å². The maximum Gasteiger partial charge on any atom is 0.0936 e. The van der Waals surface area contributed by atoms with Gasteiger partial charge in [-0.05, 0) is 50.5 Å². The minimum absolute atomic E-state index is 0.750. The molecule has 1 heterocycles. The highest BCUT2D eigenvalue weighted by Gasteiger charge is 2.10. The lowest BCUT2D eigenvalue weighted by atomic mass is 9.96. The molecule has 0 atom stereocenters. The first-order valence-electron chi connectivity index (χ1n) is 5.79. The van der Waals surface area contributed by atoms with Crippen LogP contribution in [0.3, 0.4) is 0 Å². The molecular formula is C15H18N2. The second kappa shape index (κ2) is 4.21. The number of aryl methyl sites for hydroxylation is 4. The van der Waals surface area contributed by atoms with Crippen LogP contribution in [0.1, 0.15) is 22.3 Å². The lowest BCUT2D eigenvalue weighted by Gasteiger charge is -2.13. The molecule has 0 amide bonds. The fourth-order valence-electron chi connectivity index (χ4n) is 2.35. The molecule has 17 heavy (non-hydrogen) atoms. The van der Waals surface area contributed by atoms with E-state index in [1.165, 1.54) is 16.7 Å². The maximum atomic E-state index is 6.07. The predicted octanol–water partition coefficient (Wildman–Crippen LogP) is 3.56. The summed E-state index contributed by atoms with van der Waals surface area (Å²) in [7, 11) is 0. The van der Waals surface area contributed by atoms with Gasteiger partial charge in [-0.1, -0.05) is 17.7 Å².